The van der Waals surface area contributed by atoms with Gasteiger partial charge in [0.2, 0.25) is 0 Å². The number of anilines is 1. The molecule has 0 aliphatic carbocycles. The van der Waals surface area contributed by atoms with Gasteiger partial charge in [-0.1, -0.05) is 19.1 Å². The zero-order valence-electron chi connectivity index (χ0n) is 12.4. The third-order valence-electron chi connectivity index (χ3n) is 2.96. The smallest absolute Gasteiger partial charge is 0.323 e. The van der Waals surface area contributed by atoms with Crippen LogP contribution < -0.4 is 5.32 Å². The van der Waals surface area contributed by atoms with Crippen molar-refractivity contribution in [1.82, 2.24) is 4.90 Å². The van der Waals surface area contributed by atoms with E-state index in [1.807, 2.05) is 24.3 Å². The lowest BCUT2D eigenvalue weighted by Gasteiger charge is -2.34. The normalized spacial score (nSPS) is 11.0. The average molecular weight is 278 g/mol. The number of benzene rings is 1. The highest BCUT2D eigenvalue weighted by atomic mass is 16.4. The van der Waals surface area contributed by atoms with Crippen molar-refractivity contribution in [3.05, 3.63) is 29.8 Å². The zero-order chi connectivity index (χ0) is 15.3. The Morgan fingerprint density at radius 2 is 1.75 bits per heavy atom. The topological polar surface area (TPSA) is 69.6 Å². The molecule has 5 heteroatoms. The molecule has 1 aromatic rings. The van der Waals surface area contributed by atoms with Gasteiger partial charge in [0, 0.05) is 11.2 Å². The van der Waals surface area contributed by atoms with Crippen LogP contribution in [-0.2, 0) is 11.2 Å². The first-order chi connectivity index (χ1) is 9.24. The van der Waals surface area contributed by atoms with Crippen LogP contribution in [0.2, 0.25) is 0 Å². The number of hydrogen-bond donors (Lipinski definition) is 2. The number of urea groups is 1. The number of carbonyl (C=O) groups excluding carboxylic acids is 1. The minimum absolute atomic E-state index is 0.331. The number of nitrogens with zero attached hydrogens (tertiary/aromatic N) is 1. The second-order valence-corrected chi connectivity index (χ2v) is 5.63. The molecule has 20 heavy (non-hydrogen) atoms. The van der Waals surface area contributed by atoms with Gasteiger partial charge >= 0.3 is 12.0 Å². The van der Waals surface area contributed by atoms with Crippen molar-refractivity contribution in [3.63, 3.8) is 0 Å². The molecular formula is C15H22N2O3. The Morgan fingerprint density at radius 3 is 2.15 bits per heavy atom. The van der Waals surface area contributed by atoms with E-state index in [0.717, 1.165) is 6.42 Å². The molecular weight excluding hydrogens is 256 g/mol. The molecule has 0 aliphatic heterocycles. The Kier molecular flexibility index (Phi) is 5.13. The SMILES string of the molecule is CCc1ccc(NC(=O)N(CC(=O)O)C(C)(C)C)cc1. The summed E-state index contributed by atoms with van der Waals surface area (Å²) in [4.78, 5) is 24.4. The van der Waals surface area contributed by atoms with Gasteiger partial charge in [0.25, 0.3) is 0 Å². The monoisotopic (exact) mass is 278 g/mol. The Bertz CT molecular complexity index is 475. The third kappa shape index (κ3) is 4.57. The molecule has 0 saturated carbocycles. The van der Waals surface area contributed by atoms with Crippen LogP contribution in [0.4, 0.5) is 10.5 Å². The van der Waals surface area contributed by atoms with E-state index in [9.17, 15) is 9.59 Å². The van der Waals surface area contributed by atoms with Crippen molar-refractivity contribution in [2.45, 2.75) is 39.7 Å². The number of aliphatic carboxylic acids is 1. The molecule has 2 amide bonds. The Morgan fingerprint density at radius 1 is 1.20 bits per heavy atom. The number of carbonyl (C=O) groups is 2. The molecule has 1 rings (SSSR count). The number of amides is 2. The first kappa shape index (κ1) is 16.0. The highest BCUT2D eigenvalue weighted by Crippen LogP contribution is 2.16. The maximum absolute atomic E-state index is 12.2. The highest BCUT2D eigenvalue weighted by Gasteiger charge is 2.28. The lowest BCUT2D eigenvalue weighted by Crippen LogP contribution is -2.50. The van der Waals surface area contributed by atoms with Crippen molar-refractivity contribution in [1.29, 1.82) is 0 Å². The van der Waals surface area contributed by atoms with E-state index >= 15 is 0 Å². The summed E-state index contributed by atoms with van der Waals surface area (Å²) in [5.74, 6) is -1.03. The minimum atomic E-state index is -1.03. The second-order valence-electron chi connectivity index (χ2n) is 5.63. The van der Waals surface area contributed by atoms with Gasteiger partial charge in [-0.2, -0.15) is 0 Å². The third-order valence-corrected chi connectivity index (χ3v) is 2.96. The zero-order valence-corrected chi connectivity index (χ0v) is 12.4. The van der Waals surface area contributed by atoms with Gasteiger partial charge in [0.05, 0.1) is 0 Å². The molecule has 0 spiro atoms. The number of carboxylic acid groups (broad SMARTS) is 1. The minimum Gasteiger partial charge on any atom is -0.480 e. The quantitative estimate of drug-likeness (QED) is 0.889. The fourth-order valence-electron chi connectivity index (χ4n) is 1.76. The summed E-state index contributed by atoms with van der Waals surface area (Å²) in [7, 11) is 0. The van der Waals surface area contributed by atoms with Gasteiger partial charge < -0.3 is 15.3 Å². The van der Waals surface area contributed by atoms with Gasteiger partial charge in [0.15, 0.2) is 0 Å². The van der Waals surface area contributed by atoms with Crippen molar-refractivity contribution >= 4 is 17.7 Å². The first-order valence-electron chi connectivity index (χ1n) is 6.63. The molecule has 0 unspecified atom stereocenters. The number of aryl methyl sites for hydroxylation is 1. The van der Waals surface area contributed by atoms with Gasteiger partial charge in [0.1, 0.15) is 6.54 Å². The van der Waals surface area contributed by atoms with Crippen LogP contribution >= 0.6 is 0 Å². The van der Waals surface area contributed by atoms with Crippen LogP contribution in [0.1, 0.15) is 33.3 Å². The summed E-state index contributed by atoms with van der Waals surface area (Å²) in [6, 6.07) is 7.10. The van der Waals surface area contributed by atoms with Crippen molar-refractivity contribution in [3.8, 4) is 0 Å². The number of rotatable bonds is 4. The number of nitrogens with one attached hydrogen (secondary N) is 1. The van der Waals surface area contributed by atoms with Crippen LogP contribution in [0.15, 0.2) is 24.3 Å². The summed E-state index contributed by atoms with van der Waals surface area (Å²) in [5, 5.41) is 11.6. The lowest BCUT2D eigenvalue weighted by molar-refractivity contribution is -0.138. The van der Waals surface area contributed by atoms with Gasteiger partial charge in [-0.15, -0.1) is 0 Å². The molecule has 0 atom stereocenters. The van der Waals surface area contributed by atoms with E-state index in [4.69, 9.17) is 5.11 Å². The lowest BCUT2D eigenvalue weighted by atomic mass is 10.1. The van der Waals surface area contributed by atoms with E-state index in [0.29, 0.717) is 5.69 Å². The molecule has 0 radical (unpaired) electrons. The van der Waals surface area contributed by atoms with Crippen LogP contribution in [0.5, 0.6) is 0 Å². The number of hydrogen-bond acceptors (Lipinski definition) is 2. The van der Waals surface area contributed by atoms with E-state index in [1.165, 1.54) is 10.5 Å². The van der Waals surface area contributed by atoms with Crippen LogP contribution in [0.25, 0.3) is 0 Å². The molecule has 5 nitrogen and oxygen atoms in total. The molecule has 2 N–H and O–H groups in total. The molecule has 0 heterocycles. The Labute approximate surface area is 119 Å². The van der Waals surface area contributed by atoms with E-state index in [1.54, 1.807) is 20.8 Å². The number of carboxylic acids is 1. The van der Waals surface area contributed by atoms with Gasteiger partial charge in [-0.05, 0) is 44.9 Å². The largest absolute Gasteiger partial charge is 0.480 e. The maximum Gasteiger partial charge on any atom is 0.323 e. The predicted octanol–water partition coefficient (Wildman–Crippen LogP) is 2.97. The molecule has 1 aromatic carbocycles. The Balaban J connectivity index is 2.82. The average Bonchev–Trinajstić information content (AvgIpc) is 2.35. The summed E-state index contributed by atoms with van der Waals surface area (Å²) in [6.45, 7) is 7.13. The van der Waals surface area contributed by atoms with Gasteiger partial charge in [-0.3, -0.25) is 4.79 Å². The molecule has 0 bridgehead atoms. The van der Waals surface area contributed by atoms with Gasteiger partial charge in [-0.25, -0.2) is 4.79 Å². The molecule has 0 saturated heterocycles. The van der Waals surface area contributed by atoms with Crippen LogP contribution in [0, 0.1) is 0 Å². The summed E-state index contributed by atoms with van der Waals surface area (Å²) in [6.07, 6.45) is 0.932. The Hall–Kier alpha value is -2.04. The molecule has 110 valence electrons. The summed E-state index contributed by atoms with van der Waals surface area (Å²) in [5.41, 5.74) is 1.28. The van der Waals surface area contributed by atoms with Crippen LogP contribution in [-0.4, -0.2) is 34.1 Å². The fourth-order valence-corrected chi connectivity index (χ4v) is 1.76. The molecule has 0 fully saturated rings. The molecule has 0 aliphatic rings. The maximum atomic E-state index is 12.2. The van der Waals surface area contributed by atoms with E-state index in [-0.39, 0.29) is 6.54 Å². The predicted molar refractivity (Wildman–Crippen MR) is 78.9 cm³/mol. The first-order valence-corrected chi connectivity index (χ1v) is 6.63. The second kappa shape index (κ2) is 6.41. The summed E-state index contributed by atoms with van der Waals surface area (Å²) >= 11 is 0. The standard InChI is InChI=1S/C15H22N2O3/c1-5-11-6-8-12(9-7-11)16-14(20)17(10-13(18)19)15(2,3)4/h6-9H,5,10H2,1-4H3,(H,16,20)(H,18,19). The molecule has 0 aromatic heterocycles. The van der Waals surface area contributed by atoms with Crippen molar-refractivity contribution in [2.75, 3.05) is 11.9 Å². The van der Waals surface area contributed by atoms with Crippen molar-refractivity contribution in [2.24, 2.45) is 0 Å². The highest BCUT2D eigenvalue weighted by molar-refractivity contribution is 5.91. The van der Waals surface area contributed by atoms with E-state index in [2.05, 4.69) is 12.2 Å². The fraction of sp³-hybridized carbons (Fsp3) is 0.467. The van der Waals surface area contributed by atoms with Crippen LogP contribution in [0.3, 0.4) is 0 Å². The van der Waals surface area contributed by atoms with E-state index < -0.39 is 17.5 Å². The van der Waals surface area contributed by atoms with Crippen molar-refractivity contribution < 1.29 is 14.7 Å². The summed E-state index contributed by atoms with van der Waals surface area (Å²) < 4.78 is 0.